The second kappa shape index (κ2) is 4.57. The predicted octanol–water partition coefficient (Wildman–Crippen LogP) is 0.788. The molecule has 14 heavy (non-hydrogen) atoms. The Hall–Kier alpha value is -0.870. The number of rotatable bonds is 4. The molecular formula is C10H15NO3. The van der Waals surface area contributed by atoms with Crippen molar-refractivity contribution in [3.8, 4) is 0 Å². The number of aliphatic hydroxyl groups excluding tert-OH is 1. The molecule has 0 spiro atoms. The molecule has 1 aromatic heterocycles. The van der Waals surface area contributed by atoms with Gasteiger partial charge in [0.05, 0.1) is 12.8 Å². The Bertz CT molecular complexity index is 279. The summed E-state index contributed by atoms with van der Waals surface area (Å²) >= 11 is 0. The van der Waals surface area contributed by atoms with Crippen LogP contribution in [0.2, 0.25) is 0 Å². The molecule has 1 fully saturated rings. The van der Waals surface area contributed by atoms with Crippen LogP contribution in [0.5, 0.6) is 0 Å². The third-order valence-corrected chi connectivity index (χ3v) is 2.45. The number of ether oxygens (including phenoxy) is 1. The van der Waals surface area contributed by atoms with Gasteiger partial charge in [0.15, 0.2) is 5.89 Å². The van der Waals surface area contributed by atoms with Crippen LogP contribution in [0.1, 0.15) is 18.1 Å². The highest BCUT2D eigenvalue weighted by molar-refractivity contribution is 4.95. The van der Waals surface area contributed by atoms with Crippen LogP contribution in [0.3, 0.4) is 0 Å². The molecule has 1 unspecified atom stereocenters. The van der Waals surface area contributed by atoms with Crippen LogP contribution < -0.4 is 0 Å². The minimum atomic E-state index is 0.112. The SMILES string of the molecule is OCCc1cnc(CC2CCOC2)o1. The highest BCUT2D eigenvalue weighted by atomic mass is 16.5. The maximum Gasteiger partial charge on any atom is 0.194 e. The van der Waals surface area contributed by atoms with Gasteiger partial charge in [-0.05, 0) is 12.3 Å². The molecule has 78 valence electrons. The van der Waals surface area contributed by atoms with Crippen LogP contribution >= 0.6 is 0 Å². The van der Waals surface area contributed by atoms with Crippen LogP contribution in [0.25, 0.3) is 0 Å². The van der Waals surface area contributed by atoms with Crippen molar-refractivity contribution in [3.63, 3.8) is 0 Å². The summed E-state index contributed by atoms with van der Waals surface area (Å²) in [6.07, 6.45) is 4.19. The lowest BCUT2D eigenvalue weighted by atomic mass is 10.1. The molecule has 0 bridgehead atoms. The van der Waals surface area contributed by atoms with Gasteiger partial charge >= 0.3 is 0 Å². The smallest absolute Gasteiger partial charge is 0.194 e. The summed E-state index contributed by atoms with van der Waals surface area (Å²) < 4.78 is 10.7. The first-order valence-electron chi connectivity index (χ1n) is 5.00. The Morgan fingerprint density at radius 3 is 3.21 bits per heavy atom. The maximum atomic E-state index is 8.71. The van der Waals surface area contributed by atoms with E-state index in [0.717, 1.165) is 37.7 Å². The molecule has 4 nitrogen and oxygen atoms in total. The molecule has 1 atom stereocenters. The van der Waals surface area contributed by atoms with Gasteiger partial charge in [-0.1, -0.05) is 0 Å². The van der Waals surface area contributed by atoms with E-state index in [0.29, 0.717) is 12.3 Å². The Kier molecular flexibility index (Phi) is 3.16. The molecule has 0 saturated carbocycles. The van der Waals surface area contributed by atoms with Gasteiger partial charge in [0.1, 0.15) is 5.76 Å². The number of oxazole rings is 1. The van der Waals surface area contributed by atoms with Crippen molar-refractivity contribution in [1.29, 1.82) is 0 Å². The van der Waals surface area contributed by atoms with Crippen molar-refractivity contribution in [1.82, 2.24) is 4.98 Å². The summed E-state index contributed by atoms with van der Waals surface area (Å²) in [5.74, 6) is 2.08. The maximum absolute atomic E-state index is 8.71. The second-order valence-corrected chi connectivity index (χ2v) is 3.63. The summed E-state index contributed by atoms with van der Waals surface area (Å²) in [6, 6.07) is 0. The minimum Gasteiger partial charge on any atom is -0.446 e. The van der Waals surface area contributed by atoms with E-state index in [1.807, 2.05) is 0 Å². The first kappa shape index (κ1) is 9.68. The molecule has 2 heterocycles. The van der Waals surface area contributed by atoms with Crippen molar-refractivity contribution in [2.24, 2.45) is 5.92 Å². The van der Waals surface area contributed by atoms with E-state index < -0.39 is 0 Å². The molecule has 2 rings (SSSR count). The van der Waals surface area contributed by atoms with E-state index in [-0.39, 0.29) is 6.61 Å². The van der Waals surface area contributed by atoms with Gasteiger partial charge in [-0.2, -0.15) is 0 Å². The number of nitrogens with zero attached hydrogens (tertiary/aromatic N) is 1. The van der Waals surface area contributed by atoms with Crippen molar-refractivity contribution in [2.45, 2.75) is 19.3 Å². The largest absolute Gasteiger partial charge is 0.446 e. The van der Waals surface area contributed by atoms with Gasteiger partial charge in [-0.15, -0.1) is 0 Å². The topological polar surface area (TPSA) is 55.5 Å². The van der Waals surface area contributed by atoms with E-state index in [1.54, 1.807) is 6.20 Å². The fourth-order valence-electron chi connectivity index (χ4n) is 1.66. The Morgan fingerprint density at radius 2 is 2.50 bits per heavy atom. The summed E-state index contributed by atoms with van der Waals surface area (Å²) in [7, 11) is 0. The molecule has 0 aliphatic carbocycles. The van der Waals surface area contributed by atoms with Gasteiger partial charge in [0, 0.05) is 26.1 Å². The van der Waals surface area contributed by atoms with Crippen molar-refractivity contribution < 1.29 is 14.3 Å². The number of aromatic nitrogens is 1. The molecule has 0 aromatic carbocycles. The Morgan fingerprint density at radius 1 is 1.57 bits per heavy atom. The van der Waals surface area contributed by atoms with Crippen molar-refractivity contribution in [3.05, 3.63) is 17.8 Å². The highest BCUT2D eigenvalue weighted by Crippen LogP contribution is 2.18. The van der Waals surface area contributed by atoms with Crippen LogP contribution in [-0.4, -0.2) is 29.9 Å². The average molecular weight is 197 g/mol. The normalized spacial score (nSPS) is 21.6. The first-order chi connectivity index (χ1) is 6.88. The molecule has 1 N–H and O–H groups in total. The summed E-state index contributed by atoms with van der Waals surface area (Å²) in [5.41, 5.74) is 0. The van der Waals surface area contributed by atoms with E-state index in [1.165, 1.54) is 0 Å². The Labute approximate surface area is 82.9 Å². The third-order valence-electron chi connectivity index (χ3n) is 2.45. The van der Waals surface area contributed by atoms with Crippen molar-refractivity contribution in [2.75, 3.05) is 19.8 Å². The van der Waals surface area contributed by atoms with E-state index in [4.69, 9.17) is 14.3 Å². The van der Waals surface area contributed by atoms with Gasteiger partial charge in [0.25, 0.3) is 0 Å². The van der Waals surface area contributed by atoms with E-state index in [9.17, 15) is 0 Å². The second-order valence-electron chi connectivity index (χ2n) is 3.63. The van der Waals surface area contributed by atoms with Gasteiger partial charge in [-0.3, -0.25) is 0 Å². The summed E-state index contributed by atoms with van der Waals surface area (Å²) in [6.45, 7) is 1.79. The highest BCUT2D eigenvalue weighted by Gasteiger charge is 2.18. The quantitative estimate of drug-likeness (QED) is 0.775. The predicted molar refractivity (Wildman–Crippen MR) is 49.9 cm³/mol. The Balaban J connectivity index is 1.88. The fourth-order valence-corrected chi connectivity index (χ4v) is 1.66. The first-order valence-corrected chi connectivity index (χ1v) is 5.00. The molecule has 1 aliphatic heterocycles. The van der Waals surface area contributed by atoms with Crippen LogP contribution in [0, 0.1) is 5.92 Å². The lowest BCUT2D eigenvalue weighted by Gasteiger charge is -2.02. The number of hydrogen-bond donors (Lipinski definition) is 1. The van der Waals surface area contributed by atoms with Crippen molar-refractivity contribution >= 4 is 0 Å². The minimum absolute atomic E-state index is 0.112. The zero-order valence-electron chi connectivity index (χ0n) is 8.11. The van der Waals surface area contributed by atoms with Gasteiger partial charge < -0.3 is 14.3 Å². The zero-order chi connectivity index (χ0) is 9.80. The third kappa shape index (κ3) is 2.33. The van der Waals surface area contributed by atoms with Crippen LogP contribution in [0.4, 0.5) is 0 Å². The lowest BCUT2D eigenvalue weighted by Crippen LogP contribution is -2.03. The number of aliphatic hydroxyl groups is 1. The monoisotopic (exact) mass is 197 g/mol. The molecule has 1 aliphatic rings. The standard InChI is InChI=1S/C10H15NO3/c12-3-1-9-6-11-10(14-9)5-8-2-4-13-7-8/h6,8,12H,1-5,7H2. The molecule has 0 radical (unpaired) electrons. The fraction of sp³-hybridized carbons (Fsp3) is 0.700. The number of hydrogen-bond acceptors (Lipinski definition) is 4. The molecular weight excluding hydrogens is 182 g/mol. The van der Waals surface area contributed by atoms with Crippen LogP contribution in [-0.2, 0) is 17.6 Å². The van der Waals surface area contributed by atoms with E-state index in [2.05, 4.69) is 4.98 Å². The summed E-state index contributed by atoms with van der Waals surface area (Å²) in [5, 5.41) is 8.71. The molecule has 0 amide bonds. The van der Waals surface area contributed by atoms with Gasteiger partial charge in [-0.25, -0.2) is 4.98 Å². The average Bonchev–Trinajstić information content (AvgIpc) is 2.79. The van der Waals surface area contributed by atoms with E-state index >= 15 is 0 Å². The molecule has 1 saturated heterocycles. The lowest BCUT2D eigenvalue weighted by molar-refractivity contribution is 0.184. The molecule has 1 aromatic rings. The van der Waals surface area contributed by atoms with Gasteiger partial charge in [0.2, 0.25) is 0 Å². The van der Waals surface area contributed by atoms with Crippen LogP contribution in [0.15, 0.2) is 10.6 Å². The summed E-state index contributed by atoms with van der Waals surface area (Å²) in [4.78, 5) is 4.16. The molecule has 4 heteroatoms. The zero-order valence-corrected chi connectivity index (χ0v) is 8.11.